The Morgan fingerprint density at radius 3 is 2.94 bits per heavy atom. The van der Waals surface area contributed by atoms with E-state index in [0.29, 0.717) is 22.3 Å². The molecule has 0 unspecified atom stereocenters. The van der Waals surface area contributed by atoms with Gasteiger partial charge >= 0.3 is 0 Å². The maximum absolute atomic E-state index is 13.6. The normalized spacial score (nSPS) is 10.4. The van der Waals surface area contributed by atoms with Crippen LogP contribution in [0.2, 0.25) is 0 Å². The Morgan fingerprint density at radius 2 is 2.25 bits per heavy atom. The SMILES string of the molecule is Cc1cccc(Oc2nnc(CN)s2)c1F. The van der Waals surface area contributed by atoms with Crippen LogP contribution in [0.1, 0.15) is 10.6 Å². The standard InChI is InChI=1S/C10H10FN3OS/c1-6-3-2-4-7(9(6)11)15-10-14-13-8(5-12)16-10/h2-4H,5,12H2,1H3. The molecule has 0 aliphatic carbocycles. The van der Waals surface area contributed by atoms with Gasteiger partial charge in [0.25, 0.3) is 5.19 Å². The van der Waals surface area contributed by atoms with Crippen LogP contribution >= 0.6 is 11.3 Å². The fraction of sp³-hybridized carbons (Fsp3) is 0.200. The van der Waals surface area contributed by atoms with E-state index in [-0.39, 0.29) is 11.6 Å². The van der Waals surface area contributed by atoms with E-state index in [1.165, 1.54) is 11.3 Å². The van der Waals surface area contributed by atoms with Gasteiger partial charge in [-0.15, -0.1) is 5.10 Å². The van der Waals surface area contributed by atoms with Crippen LogP contribution in [-0.4, -0.2) is 10.2 Å². The maximum Gasteiger partial charge on any atom is 0.299 e. The lowest BCUT2D eigenvalue weighted by atomic mass is 10.2. The number of aryl methyl sites for hydroxylation is 1. The number of hydrogen-bond donors (Lipinski definition) is 1. The van der Waals surface area contributed by atoms with Gasteiger partial charge in [0.1, 0.15) is 5.01 Å². The summed E-state index contributed by atoms with van der Waals surface area (Å²) in [6, 6.07) is 4.94. The first-order valence-electron chi connectivity index (χ1n) is 4.66. The molecule has 16 heavy (non-hydrogen) atoms. The van der Waals surface area contributed by atoms with Crippen LogP contribution in [0.5, 0.6) is 10.9 Å². The Kier molecular flexibility index (Phi) is 3.12. The van der Waals surface area contributed by atoms with Gasteiger partial charge in [0, 0.05) is 6.54 Å². The molecule has 84 valence electrons. The average molecular weight is 239 g/mol. The van der Waals surface area contributed by atoms with Crippen LogP contribution in [0.3, 0.4) is 0 Å². The van der Waals surface area contributed by atoms with Crippen LogP contribution in [-0.2, 0) is 6.54 Å². The number of aromatic nitrogens is 2. The lowest BCUT2D eigenvalue weighted by molar-refractivity contribution is 0.433. The topological polar surface area (TPSA) is 61.0 Å². The van der Waals surface area contributed by atoms with Crippen molar-refractivity contribution in [2.24, 2.45) is 5.73 Å². The van der Waals surface area contributed by atoms with Crippen LogP contribution in [0.25, 0.3) is 0 Å². The fourth-order valence-corrected chi connectivity index (χ4v) is 1.73. The highest BCUT2D eigenvalue weighted by Gasteiger charge is 2.10. The van der Waals surface area contributed by atoms with Gasteiger partial charge in [-0.2, -0.15) is 0 Å². The second-order valence-electron chi connectivity index (χ2n) is 3.15. The van der Waals surface area contributed by atoms with Crippen molar-refractivity contribution in [1.82, 2.24) is 10.2 Å². The van der Waals surface area contributed by atoms with Crippen molar-refractivity contribution in [3.63, 3.8) is 0 Å². The van der Waals surface area contributed by atoms with Gasteiger partial charge in [-0.1, -0.05) is 28.6 Å². The number of benzene rings is 1. The Bertz CT molecular complexity index is 501. The number of halogens is 1. The number of ether oxygens (including phenoxy) is 1. The number of nitrogens with zero attached hydrogens (tertiary/aromatic N) is 2. The number of rotatable bonds is 3. The molecule has 0 amide bonds. The van der Waals surface area contributed by atoms with Gasteiger partial charge < -0.3 is 10.5 Å². The summed E-state index contributed by atoms with van der Waals surface area (Å²) in [4.78, 5) is 0. The minimum absolute atomic E-state index is 0.153. The van der Waals surface area contributed by atoms with Crippen molar-refractivity contribution in [2.75, 3.05) is 0 Å². The Balaban J connectivity index is 2.23. The van der Waals surface area contributed by atoms with E-state index in [2.05, 4.69) is 10.2 Å². The van der Waals surface area contributed by atoms with Crippen molar-refractivity contribution in [2.45, 2.75) is 13.5 Å². The Hall–Kier alpha value is -1.53. The summed E-state index contributed by atoms with van der Waals surface area (Å²) >= 11 is 1.21. The Labute approximate surface area is 95.9 Å². The third kappa shape index (κ3) is 2.17. The summed E-state index contributed by atoms with van der Waals surface area (Å²) in [5.41, 5.74) is 5.92. The van der Waals surface area contributed by atoms with Gasteiger partial charge in [-0.05, 0) is 18.6 Å². The van der Waals surface area contributed by atoms with Crippen molar-refractivity contribution < 1.29 is 9.13 Å². The molecule has 2 aromatic rings. The van der Waals surface area contributed by atoms with Crippen molar-refractivity contribution in [3.8, 4) is 10.9 Å². The molecule has 0 aliphatic heterocycles. The largest absolute Gasteiger partial charge is 0.427 e. The predicted octanol–water partition coefficient (Wildman–Crippen LogP) is 2.24. The molecule has 0 spiro atoms. The minimum atomic E-state index is -0.382. The summed E-state index contributed by atoms with van der Waals surface area (Å²) in [7, 11) is 0. The Morgan fingerprint density at radius 1 is 1.44 bits per heavy atom. The van der Waals surface area contributed by atoms with Crippen LogP contribution in [0, 0.1) is 12.7 Å². The zero-order valence-corrected chi connectivity index (χ0v) is 9.42. The molecule has 0 radical (unpaired) electrons. The number of hydrogen-bond acceptors (Lipinski definition) is 5. The van der Waals surface area contributed by atoms with E-state index in [0.717, 1.165) is 0 Å². The molecule has 2 N–H and O–H groups in total. The van der Waals surface area contributed by atoms with Crippen LogP contribution < -0.4 is 10.5 Å². The van der Waals surface area contributed by atoms with E-state index >= 15 is 0 Å². The van der Waals surface area contributed by atoms with Crippen molar-refractivity contribution >= 4 is 11.3 Å². The summed E-state index contributed by atoms with van der Waals surface area (Å²) in [5, 5.41) is 8.48. The molecule has 0 aliphatic rings. The van der Waals surface area contributed by atoms with Crippen LogP contribution in [0.4, 0.5) is 4.39 Å². The zero-order chi connectivity index (χ0) is 11.5. The highest BCUT2D eigenvalue weighted by atomic mass is 32.1. The van der Waals surface area contributed by atoms with E-state index in [9.17, 15) is 4.39 Å². The van der Waals surface area contributed by atoms with Gasteiger partial charge in [0.2, 0.25) is 0 Å². The third-order valence-corrected chi connectivity index (χ3v) is 2.80. The molecule has 0 fully saturated rings. The van der Waals surface area contributed by atoms with Gasteiger partial charge in [-0.3, -0.25) is 0 Å². The fourth-order valence-electron chi connectivity index (χ4n) is 1.16. The smallest absolute Gasteiger partial charge is 0.299 e. The number of nitrogens with two attached hydrogens (primary N) is 1. The second-order valence-corrected chi connectivity index (χ2v) is 4.18. The molecule has 0 saturated carbocycles. The third-order valence-electron chi connectivity index (χ3n) is 1.98. The summed E-state index contributed by atoms with van der Waals surface area (Å²) < 4.78 is 18.9. The van der Waals surface area contributed by atoms with Gasteiger partial charge in [-0.25, -0.2) is 4.39 Å². The summed E-state index contributed by atoms with van der Waals surface area (Å²) in [6.45, 7) is 1.98. The molecule has 2 rings (SSSR count). The van der Waals surface area contributed by atoms with Gasteiger partial charge in [0.15, 0.2) is 11.6 Å². The first-order chi connectivity index (χ1) is 7.70. The minimum Gasteiger partial charge on any atom is -0.427 e. The maximum atomic E-state index is 13.6. The van der Waals surface area contributed by atoms with E-state index < -0.39 is 0 Å². The van der Waals surface area contributed by atoms with Crippen molar-refractivity contribution in [3.05, 3.63) is 34.6 Å². The first kappa shape index (κ1) is 11.0. The first-order valence-corrected chi connectivity index (χ1v) is 5.48. The monoisotopic (exact) mass is 239 g/mol. The van der Waals surface area contributed by atoms with Crippen LogP contribution in [0.15, 0.2) is 18.2 Å². The molecule has 4 nitrogen and oxygen atoms in total. The molecule has 1 heterocycles. The molecular weight excluding hydrogens is 229 g/mol. The van der Waals surface area contributed by atoms with E-state index in [4.69, 9.17) is 10.5 Å². The van der Waals surface area contributed by atoms with E-state index in [1.807, 2.05) is 0 Å². The lowest BCUT2D eigenvalue weighted by Crippen LogP contribution is -1.94. The molecule has 0 bridgehead atoms. The highest BCUT2D eigenvalue weighted by molar-refractivity contribution is 7.13. The van der Waals surface area contributed by atoms with E-state index in [1.54, 1.807) is 25.1 Å². The summed E-state index contributed by atoms with van der Waals surface area (Å²) in [5.74, 6) is -0.230. The predicted molar refractivity (Wildman–Crippen MR) is 59.0 cm³/mol. The molecule has 1 aromatic heterocycles. The van der Waals surface area contributed by atoms with Gasteiger partial charge in [0.05, 0.1) is 0 Å². The lowest BCUT2D eigenvalue weighted by Gasteiger charge is -2.03. The molecular formula is C10H10FN3OS. The quantitative estimate of drug-likeness (QED) is 0.892. The van der Waals surface area contributed by atoms with Crippen molar-refractivity contribution in [1.29, 1.82) is 0 Å². The highest BCUT2D eigenvalue weighted by Crippen LogP contribution is 2.28. The average Bonchev–Trinajstić information content (AvgIpc) is 2.73. The summed E-state index contributed by atoms with van der Waals surface area (Å²) in [6.07, 6.45) is 0. The second kappa shape index (κ2) is 4.54. The molecule has 1 aromatic carbocycles. The molecule has 6 heteroatoms. The zero-order valence-electron chi connectivity index (χ0n) is 8.61. The molecule has 0 atom stereocenters. The molecule has 0 saturated heterocycles.